The fraction of sp³-hybridized carbons (Fsp3) is 0.167. The molecule has 0 aliphatic rings. The third kappa shape index (κ3) is 3.78. The summed E-state index contributed by atoms with van der Waals surface area (Å²) in [4.78, 5) is 8.10. The van der Waals surface area contributed by atoms with E-state index in [1.807, 2.05) is 12.1 Å². The number of ether oxygens (including phenoxy) is 1. The fourth-order valence-electron chi connectivity index (χ4n) is 1.28. The first-order valence-corrected chi connectivity index (χ1v) is 6.70. The second-order valence-corrected chi connectivity index (χ2v) is 4.92. The lowest BCUT2D eigenvalue weighted by Gasteiger charge is -2.06. The maximum Gasteiger partial charge on any atom is 0.156 e. The number of hydrogen-bond acceptors (Lipinski definition) is 5. The Morgan fingerprint density at radius 2 is 1.89 bits per heavy atom. The van der Waals surface area contributed by atoms with Gasteiger partial charge in [-0.05, 0) is 24.3 Å². The van der Waals surface area contributed by atoms with Gasteiger partial charge in [0.15, 0.2) is 5.82 Å². The zero-order valence-corrected chi connectivity index (χ0v) is 11.1. The molecule has 1 aromatic carbocycles. The molecule has 0 atom stereocenters. The Kier molecular flexibility index (Phi) is 4.66. The summed E-state index contributed by atoms with van der Waals surface area (Å²) in [6, 6.07) is 7.27. The second-order valence-electron chi connectivity index (χ2n) is 3.40. The first-order chi connectivity index (χ1) is 8.75. The van der Waals surface area contributed by atoms with Crippen LogP contribution in [0.15, 0.2) is 41.7 Å². The van der Waals surface area contributed by atoms with E-state index >= 15 is 0 Å². The molecule has 94 valence electrons. The minimum atomic E-state index is 0.453. The number of nitrogen functional groups attached to an aromatic ring is 1. The van der Waals surface area contributed by atoms with Crippen molar-refractivity contribution in [3.8, 4) is 5.75 Å². The molecule has 0 spiro atoms. The van der Waals surface area contributed by atoms with Gasteiger partial charge >= 0.3 is 0 Å². The van der Waals surface area contributed by atoms with Crippen LogP contribution in [0.4, 0.5) is 5.82 Å². The van der Waals surface area contributed by atoms with Crippen molar-refractivity contribution in [2.24, 2.45) is 0 Å². The van der Waals surface area contributed by atoms with Crippen LogP contribution < -0.4 is 10.5 Å². The van der Waals surface area contributed by atoms with Crippen LogP contribution in [0.3, 0.4) is 0 Å². The Bertz CT molecular complexity index is 507. The molecule has 0 fully saturated rings. The van der Waals surface area contributed by atoms with Gasteiger partial charge in [0.2, 0.25) is 0 Å². The highest BCUT2D eigenvalue weighted by molar-refractivity contribution is 7.99. The molecule has 1 heterocycles. The lowest BCUT2D eigenvalue weighted by Crippen LogP contribution is -2.02. The van der Waals surface area contributed by atoms with Crippen molar-refractivity contribution < 1.29 is 4.74 Å². The molecule has 2 rings (SSSR count). The van der Waals surface area contributed by atoms with E-state index in [-0.39, 0.29) is 0 Å². The van der Waals surface area contributed by atoms with E-state index in [0.29, 0.717) is 17.4 Å². The summed E-state index contributed by atoms with van der Waals surface area (Å²) in [6.07, 6.45) is 3.20. The molecular formula is C12H12ClN3OS. The Balaban J connectivity index is 1.76. The van der Waals surface area contributed by atoms with Crippen molar-refractivity contribution in [3.63, 3.8) is 0 Å². The van der Waals surface area contributed by atoms with E-state index in [1.165, 1.54) is 11.8 Å². The summed E-state index contributed by atoms with van der Waals surface area (Å²) in [6.45, 7) is 0.572. The average molecular weight is 282 g/mol. The molecule has 18 heavy (non-hydrogen) atoms. The van der Waals surface area contributed by atoms with Crippen LogP contribution in [-0.2, 0) is 0 Å². The number of aromatic nitrogens is 2. The molecule has 0 saturated carbocycles. The highest BCUT2D eigenvalue weighted by Crippen LogP contribution is 2.20. The van der Waals surface area contributed by atoms with Gasteiger partial charge < -0.3 is 10.5 Å². The number of thioether (sulfide) groups is 1. The largest absolute Gasteiger partial charge is 0.493 e. The Morgan fingerprint density at radius 1 is 1.17 bits per heavy atom. The highest BCUT2D eigenvalue weighted by Gasteiger charge is 2.01. The molecule has 0 bridgehead atoms. The smallest absolute Gasteiger partial charge is 0.156 e. The van der Waals surface area contributed by atoms with Gasteiger partial charge in [0.1, 0.15) is 10.8 Å². The number of halogens is 1. The SMILES string of the molecule is Nc1nccnc1SCCOc1ccc(Cl)cc1. The van der Waals surface area contributed by atoms with Gasteiger partial charge in [-0.3, -0.25) is 0 Å². The molecule has 1 aromatic heterocycles. The predicted octanol–water partition coefficient (Wildman–Crippen LogP) is 2.88. The van der Waals surface area contributed by atoms with Gasteiger partial charge in [0, 0.05) is 23.2 Å². The lowest BCUT2D eigenvalue weighted by molar-refractivity contribution is 0.344. The van der Waals surface area contributed by atoms with E-state index in [0.717, 1.165) is 16.5 Å². The second kappa shape index (κ2) is 6.47. The van der Waals surface area contributed by atoms with E-state index in [4.69, 9.17) is 22.1 Å². The van der Waals surface area contributed by atoms with Gasteiger partial charge in [0.05, 0.1) is 6.61 Å². The van der Waals surface area contributed by atoms with Crippen molar-refractivity contribution >= 4 is 29.2 Å². The summed E-state index contributed by atoms with van der Waals surface area (Å²) in [5, 5.41) is 1.43. The van der Waals surface area contributed by atoms with Crippen LogP contribution in [0, 0.1) is 0 Å². The first-order valence-electron chi connectivity index (χ1n) is 5.33. The Labute approximate surface area is 115 Å². The topological polar surface area (TPSA) is 61.0 Å². The quantitative estimate of drug-likeness (QED) is 0.674. The van der Waals surface area contributed by atoms with Gasteiger partial charge in [-0.15, -0.1) is 0 Å². The van der Waals surface area contributed by atoms with Crippen LogP contribution >= 0.6 is 23.4 Å². The number of nitrogens with zero attached hydrogens (tertiary/aromatic N) is 2. The van der Waals surface area contributed by atoms with E-state index < -0.39 is 0 Å². The van der Waals surface area contributed by atoms with Gasteiger partial charge in [-0.1, -0.05) is 23.4 Å². The number of anilines is 1. The van der Waals surface area contributed by atoms with E-state index in [9.17, 15) is 0 Å². The molecule has 4 nitrogen and oxygen atoms in total. The molecule has 0 radical (unpaired) electrons. The van der Waals surface area contributed by atoms with Crippen LogP contribution in [0.2, 0.25) is 5.02 Å². The minimum Gasteiger partial charge on any atom is -0.493 e. The maximum absolute atomic E-state index is 5.78. The molecule has 0 saturated heterocycles. The molecular weight excluding hydrogens is 270 g/mol. The lowest BCUT2D eigenvalue weighted by atomic mass is 10.3. The summed E-state index contributed by atoms with van der Waals surface area (Å²) in [5.41, 5.74) is 5.68. The fourth-order valence-corrected chi connectivity index (χ4v) is 2.10. The van der Waals surface area contributed by atoms with E-state index in [1.54, 1.807) is 24.5 Å². The zero-order chi connectivity index (χ0) is 12.8. The van der Waals surface area contributed by atoms with Crippen molar-refractivity contribution in [1.29, 1.82) is 0 Å². The summed E-state index contributed by atoms with van der Waals surface area (Å²) >= 11 is 7.30. The normalized spacial score (nSPS) is 10.3. The Morgan fingerprint density at radius 3 is 2.61 bits per heavy atom. The van der Waals surface area contributed by atoms with Crippen LogP contribution in [0.25, 0.3) is 0 Å². The van der Waals surface area contributed by atoms with Crippen LogP contribution in [-0.4, -0.2) is 22.3 Å². The zero-order valence-electron chi connectivity index (χ0n) is 9.54. The van der Waals surface area contributed by atoms with Crippen molar-refractivity contribution in [2.45, 2.75) is 5.03 Å². The van der Waals surface area contributed by atoms with E-state index in [2.05, 4.69) is 9.97 Å². The molecule has 2 N–H and O–H groups in total. The minimum absolute atomic E-state index is 0.453. The standard InChI is InChI=1S/C12H12ClN3OS/c13-9-1-3-10(4-2-9)17-7-8-18-12-11(14)15-5-6-16-12/h1-6H,7-8H2,(H2,14,15). The molecule has 6 heteroatoms. The van der Waals surface area contributed by atoms with Gasteiger partial charge in [-0.2, -0.15) is 0 Å². The third-order valence-corrected chi connectivity index (χ3v) is 3.31. The number of hydrogen-bond donors (Lipinski definition) is 1. The molecule has 0 aliphatic heterocycles. The summed E-state index contributed by atoms with van der Waals surface area (Å²) < 4.78 is 5.55. The van der Waals surface area contributed by atoms with Gasteiger partial charge in [-0.25, -0.2) is 9.97 Å². The molecule has 0 amide bonds. The molecule has 0 unspecified atom stereocenters. The monoisotopic (exact) mass is 281 g/mol. The first kappa shape index (κ1) is 13.0. The summed E-state index contributed by atoms with van der Waals surface area (Å²) in [5.74, 6) is 2.01. The Hall–Kier alpha value is -1.46. The number of nitrogens with two attached hydrogens (primary N) is 1. The van der Waals surface area contributed by atoms with Crippen LogP contribution in [0.5, 0.6) is 5.75 Å². The average Bonchev–Trinajstić information content (AvgIpc) is 2.39. The molecule has 2 aromatic rings. The van der Waals surface area contributed by atoms with Crippen molar-refractivity contribution in [3.05, 3.63) is 41.7 Å². The maximum atomic E-state index is 5.78. The molecule has 0 aliphatic carbocycles. The van der Waals surface area contributed by atoms with Gasteiger partial charge in [0.25, 0.3) is 0 Å². The predicted molar refractivity (Wildman–Crippen MR) is 74.1 cm³/mol. The van der Waals surface area contributed by atoms with Crippen LogP contribution in [0.1, 0.15) is 0 Å². The highest BCUT2D eigenvalue weighted by atomic mass is 35.5. The van der Waals surface area contributed by atoms with Crippen molar-refractivity contribution in [2.75, 3.05) is 18.1 Å². The summed E-state index contributed by atoms with van der Waals surface area (Å²) in [7, 11) is 0. The number of benzene rings is 1. The third-order valence-electron chi connectivity index (χ3n) is 2.10. The number of rotatable bonds is 5. The van der Waals surface area contributed by atoms with Crippen molar-refractivity contribution in [1.82, 2.24) is 9.97 Å².